The van der Waals surface area contributed by atoms with Gasteiger partial charge in [-0.25, -0.2) is 0 Å². The molecule has 1 aromatic carbocycles. The average Bonchev–Trinajstić information content (AvgIpc) is 2.15. The number of rotatable bonds is 3. The van der Waals surface area contributed by atoms with Gasteiger partial charge in [-0.1, -0.05) is 31.2 Å². The predicted molar refractivity (Wildman–Crippen MR) is 56.0 cm³/mol. The van der Waals surface area contributed by atoms with Gasteiger partial charge in [0.15, 0.2) is 0 Å². The summed E-state index contributed by atoms with van der Waals surface area (Å²) >= 11 is 5.30. The highest BCUT2D eigenvalue weighted by Crippen LogP contribution is 2.08. The second-order valence-corrected chi connectivity index (χ2v) is 3.05. The Kier molecular flexibility index (Phi) is 3.71. The maximum atomic E-state index is 10.7. The molecule has 0 saturated heterocycles. The minimum absolute atomic E-state index is 0.411. The van der Waals surface area contributed by atoms with Gasteiger partial charge >= 0.3 is 0 Å². The van der Waals surface area contributed by atoms with Crippen molar-refractivity contribution in [2.24, 2.45) is 0 Å². The molecule has 0 aliphatic heterocycles. The van der Waals surface area contributed by atoms with Crippen molar-refractivity contribution in [2.75, 3.05) is 0 Å². The van der Waals surface area contributed by atoms with Gasteiger partial charge in [0.1, 0.15) is 0 Å². The summed E-state index contributed by atoms with van der Waals surface area (Å²) in [6.07, 6.45) is 5.09. The maximum Gasteiger partial charge on any atom is 0.252 e. The molecule has 2 heteroatoms. The van der Waals surface area contributed by atoms with E-state index in [0.29, 0.717) is 5.56 Å². The molecule has 0 aliphatic carbocycles. The van der Waals surface area contributed by atoms with E-state index in [-0.39, 0.29) is 0 Å². The first-order chi connectivity index (χ1) is 6.24. The van der Waals surface area contributed by atoms with E-state index >= 15 is 0 Å². The summed E-state index contributed by atoms with van der Waals surface area (Å²) in [5, 5.41) is -0.411. The van der Waals surface area contributed by atoms with Crippen molar-refractivity contribution in [1.29, 1.82) is 0 Å². The SMILES string of the molecule is CCC=Cc1ccc(C(=O)Cl)cc1. The van der Waals surface area contributed by atoms with Crippen molar-refractivity contribution in [3.63, 3.8) is 0 Å². The Morgan fingerprint density at radius 2 is 2.00 bits per heavy atom. The topological polar surface area (TPSA) is 17.1 Å². The summed E-state index contributed by atoms with van der Waals surface area (Å²) in [7, 11) is 0. The molecule has 0 N–H and O–H groups in total. The molecule has 1 rings (SSSR count). The molecule has 0 bridgehead atoms. The van der Waals surface area contributed by atoms with Crippen molar-refractivity contribution < 1.29 is 4.79 Å². The lowest BCUT2D eigenvalue weighted by molar-refractivity contribution is 0.108. The van der Waals surface area contributed by atoms with Crippen molar-refractivity contribution >= 4 is 22.9 Å². The van der Waals surface area contributed by atoms with Gasteiger partial charge in [0.2, 0.25) is 0 Å². The number of hydrogen-bond donors (Lipinski definition) is 0. The van der Waals surface area contributed by atoms with Crippen molar-refractivity contribution in [3.05, 3.63) is 41.5 Å². The number of carbonyl (C=O) groups is 1. The van der Waals surface area contributed by atoms with Crippen LogP contribution in [0.2, 0.25) is 0 Å². The standard InChI is InChI=1S/C11H11ClO/c1-2-3-4-9-5-7-10(8-6-9)11(12)13/h3-8H,2H2,1H3. The molecule has 0 amide bonds. The predicted octanol–water partition coefficient (Wildman–Crippen LogP) is 3.49. The van der Waals surface area contributed by atoms with Crippen LogP contribution < -0.4 is 0 Å². The van der Waals surface area contributed by atoms with Crippen LogP contribution in [-0.4, -0.2) is 5.24 Å². The van der Waals surface area contributed by atoms with Crippen LogP contribution in [0.1, 0.15) is 29.3 Å². The molecule has 68 valence electrons. The minimum Gasteiger partial charge on any atom is -0.276 e. The van der Waals surface area contributed by atoms with Gasteiger partial charge in [0.25, 0.3) is 5.24 Å². The number of hydrogen-bond acceptors (Lipinski definition) is 1. The van der Waals surface area contributed by atoms with Gasteiger partial charge in [0, 0.05) is 5.56 Å². The quantitative estimate of drug-likeness (QED) is 0.674. The van der Waals surface area contributed by atoms with Gasteiger partial charge in [-0.3, -0.25) is 4.79 Å². The van der Waals surface area contributed by atoms with Crippen LogP contribution in [0.3, 0.4) is 0 Å². The molecule has 0 unspecified atom stereocenters. The first-order valence-corrected chi connectivity index (χ1v) is 4.58. The van der Waals surface area contributed by atoms with Gasteiger partial charge < -0.3 is 0 Å². The Bertz CT molecular complexity index is 311. The molecule has 0 saturated carbocycles. The maximum absolute atomic E-state index is 10.7. The van der Waals surface area contributed by atoms with Crippen LogP contribution in [-0.2, 0) is 0 Å². The fraction of sp³-hybridized carbons (Fsp3) is 0.182. The molecule has 13 heavy (non-hydrogen) atoms. The van der Waals surface area contributed by atoms with E-state index in [9.17, 15) is 4.79 Å². The minimum atomic E-state index is -0.411. The van der Waals surface area contributed by atoms with Crippen LogP contribution in [0.25, 0.3) is 6.08 Å². The van der Waals surface area contributed by atoms with Crippen LogP contribution in [0, 0.1) is 0 Å². The molecule has 0 atom stereocenters. The molecular formula is C11H11ClO. The Balaban J connectivity index is 2.81. The molecule has 0 aromatic heterocycles. The van der Waals surface area contributed by atoms with E-state index in [4.69, 9.17) is 11.6 Å². The first kappa shape index (κ1) is 10.0. The highest BCUT2D eigenvalue weighted by atomic mass is 35.5. The lowest BCUT2D eigenvalue weighted by atomic mass is 10.1. The molecular weight excluding hydrogens is 184 g/mol. The number of halogens is 1. The van der Waals surface area contributed by atoms with E-state index in [1.54, 1.807) is 12.1 Å². The zero-order valence-corrected chi connectivity index (χ0v) is 8.21. The normalized spacial score (nSPS) is 10.6. The molecule has 0 aliphatic rings. The summed E-state index contributed by atoms with van der Waals surface area (Å²) in [5.74, 6) is 0. The largest absolute Gasteiger partial charge is 0.276 e. The smallest absolute Gasteiger partial charge is 0.252 e. The molecule has 0 fully saturated rings. The van der Waals surface area contributed by atoms with E-state index in [1.165, 1.54) is 0 Å². The Morgan fingerprint density at radius 3 is 2.46 bits per heavy atom. The summed E-state index contributed by atoms with van der Waals surface area (Å²) < 4.78 is 0. The summed E-state index contributed by atoms with van der Waals surface area (Å²) in [6.45, 7) is 2.08. The average molecular weight is 195 g/mol. The zero-order chi connectivity index (χ0) is 9.68. The van der Waals surface area contributed by atoms with E-state index < -0.39 is 5.24 Å². The number of allylic oxidation sites excluding steroid dienone is 1. The van der Waals surface area contributed by atoms with Gasteiger partial charge in [-0.15, -0.1) is 0 Å². The van der Waals surface area contributed by atoms with Crippen LogP contribution in [0.4, 0.5) is 0 Å². The lowest BCUT2D eigenvalue weighted by Gasteiger charge is -1.94. The Morgan fingerprint density at radius 1 is 1.38 bits per heavy atom. The Labute approximate surface area is 83.0 Å². The van der Waals surface area contributed by atoms with E-state index in [2.05, 4.69) is 13.0 Å². The van der Waals surface area contributed by atoms with Gasteiger partial charge in [0.05, 0.1) is 0 Å². The first-order valence-electron chi connectivity index (χ1n) is 4.20. The number of carbonyl (C=O) groups excluding carboxylic acids is 1. The summed E-state index contributed by atoms with van der Waals surface area (Å²) in [4.78, 5) is 10.7. The second-order valence-electron chi connectivity index (χ2n) is 2.71. The molecule has 0 radical (unpaired) electrons. The fourth-order valence-corrected chi connectivity index (χ4v) is 1.11. The third-order valence-corrected chi connectivity index (χ3v) is 1.90. The van der Waals surface area contributed by atoms with Crippen LogP contribution >= 0.6 is 11.6 Å². The van der Waals surface area contributed by atoms with Crippen molar-refractivity contribution in [2.45, 2.75) is 13.3 Å². The van der Waals surface area contributed by atoms with Crippen molar-refractivity contribution in [1.82, 2.24) is 0 Å². The summed E-state index contributed by atoms with van der Waals surface area (Å²) in [6, 6.07) is 7.21. The zero-order valence-electron chi connectivity index (χ0n) is 7.46. The van der Waals surface area contributed by atoms with Crippen LogP contribution in [0.15, 0.2) is 30.3 Å². The molecule has 1 aromatic rings. The number of benzene rings is 1. The molecule has 1 nitrogen and oxygen atoms in total. The lowest BCUT2D eigenvalue weighted by Crippen LogP contribution is -1.86. The fourth-order valence-electron chi connectivity index (χ4n) is 0.979. The highest BCUT2D eigenvalue weighted by molar-refractivity contribution is 6.67. The second kappa shape index (κ2) is 4.83. The van der Waals surface area contributed by atoms with Crippen molar-refractivity contribution in [3.8, 4) is 0 Å². The molecule has 0 heterocycles. The Hall–Kier alpha value is -1.08. The highest BCUT2D eigenvalue weighted by Gasteiger charge is 1.98. The third kappa shape index (κ3) is 3.03. The summed E-state index contributed by atoms with van der Waals surface area (Å²) in [5.41, 5.74) is 1.62. The van der Waals surface area contributed by atoms with E-state index in [1.807, 2.05) is 18.2 Å². The van der Waals surface area contributed by atoms with Gasteiger partial charge in [-0.05, 0) is 35.7 Å². The van der Waals surface area contributed by atoms with Crippen LogP contribution in [0.5, 0.6) is 0 Å². The molecule has 0 spiro atoms. The van der Waals surface area contributed by atoms with Gasteiger partial charge in [-0.2, -0.15) is 0 Å². The van der Waals surface area contributed by atoms with E-state index in [0.717, 1.165) is 12.0 Å². The third-order valence-electron chi connectivity index (χ3n) is 1.68. The monoisotopic (exact) mass is 194 g/mol.